The van der Waals surface area contributed by atoms with Gasteiger partial charge in [-0.25, -0.2) is 4.98 Å². The molecule has 1 heterocycles. The Kier molecular flexibility index (Phi) is 3.78. The number of benzene rings is 1. The summed E-state index contributed by atoms with van der Waals surface area (Å²) >= 11 is 8.85. The first-order chi connectivity index (χ1) is 8.56. The molecule has 0 bridgehead atoms. The van der Waals surface area contributed by atoms with Crippen LogP contribution in [0.1, 0.15) is 0 Å². The first-order valence-electron chi connectivity index (χ1n) is 4.79. The second-order valence-corrected chi connectivity index (χ2v) is 4.64. The normalized spacial score (nSPS) is 10.1. The van der Waals surface area contributed by atoms with Gasteiger partial charge >= 0.3 is 5.69 Å². The number of nitro groups is 1. The first-order valence-corrected chi connectivity index (χ1v) is 5.97. The number of nitro benzene ring substituents is 1. The van der Waals surface area contributed by atoms with Crippen molar-refractivity contribution >= 4 is 33.2 Å². The van der Waals surface area contributed by atoms with Crippen LogP contribution in [0.5, 0.6) is 11.6 Å². The maximum absolute atomic E-state index is 10.9. The van der Waals surface area contributed by atoms with E-state index in [1.165, 1.54) is 24.4 Å². The van der Waals surface area contributed by atoms with E-state index >= 15 is 0 Å². The fourth-order valence-electron chi connectivity index (χ4n) is 1.25. The first kappa shape index (κ1) is 12.8. The van der Waals surface area contributed by atoms with E-state index in [-0.39, 0.29) is 17.3 Å². The maximum atomic E-state index is 10.9. The van der Waals surface area contributed by atoms with E-state index in [0.29, 0.717) is 9.50 Å². The van der Waals surface area contributed by atoms with Crippen molar-refractivity contribution in [1.82, 2.24) is 4.98 Å². The van der Waals surface area contributed by atoms with E-state index in [0.717, 1.165) is 0 Å². The van der Waals surface area contributed by atoms with E-state index < -0.39 is 4.92 Å². The summed E-state index contributed by atoms with van der Waals surface area (Å²) in [5.74, 6) is 0.364. The molecule has 1 aromatic heterocycles. The molecule has 0 N–H and O–H groups in total. The summed E-state index contributed by atoms with van der Waals surface area (Å²) in [4.78, 5) is 14.3. The van der Waals surface area contributed by atoms with Gasteiger partial charge in [0.05, 0.1) is 9.95 Å². The fraction of sp³-hybridized carbons (Fsp3) is 0. The Balaban J connectivity index is 2.34. The highest BCUT2D eigenvalue weighted by atomic mass is 79.9. The minimum absolute atomic E-state index is 0.123. The lowest BCUT2D eigenvalue weighted by atomic mass is 10.3. The highest BCUT2D eigenvalue weighted by Crippen LogP contribution is 2.33. The minimum atomic E-state index is -0.518. The molecule has 18 heavy (non-hydrogen) atoms. The monoisotopic (exact) mass is 328 g/mol. The highest BCUT2D eigenvalue weighted by molar-refractivity contribution is 9.10. The summed E-state index contributed by atoms with van der Waals surface area (Å²) in [5, 5.41) is 11.3. The number of hydrogen-bond donors (Lipinski definition) is 0. The van der Waals surface area contributed by atoms with Gasteiger partial charge in [-0.15, -0.1) is 0 Å². The lowest BCUT2D eigenvalue weighted by Gasteiger charge is -2.05. The summed E-state index contributed by atoms with van der Waals surface area (Å²) in [7, 11) is 0. The molecule has 1 aromatic carbocycles. The van der Waals surface area contributed by atoms with Crippen LogP contribution in [0.15, 0.2) is 41.0 Å². The lowest BCUT2D eigenvalue weighted by molar-refractivity contribution is -0.385. The van der Waals surface area contributed by atoms with Gasteiger partial charge in [0, 0.05) is 22.8 Å². The number of ether oxygens (including phenoxy) is 1. The third-order valence-corrected chi connectivity index (χ3v) is 2.75. The molecule has 0 atom stereocenters. The second kappa shape index (κ2) is 5.32. The van der Waals surface area contributed by atoms with Gasteiger partial charge < -0.3 is 4.74 Å². The maximum Gasteiger partial charge on any atom is 0.312 e. The standard InChI is InChI=1S/C11H6BrClN2O3/c12-7-1-3-10(9(5-7)15(16)17)18-11-4-2-8(13)6-14-11/h1-6H. The molecule has 0 aliphatic rings. The Morgan fingerprint density at radius 2 is 2.11 bits per heavy atom. The van der Waals surface area contributed by atoms with Gasteiger partial charge in [0.2, 0.25) is 11.6 Å². The van der Waals surface area contributed by atoms with Crippen molar-refractivity contribution < 1.29 is 9.66 Å². The number of halogens is 2. The molecule has 0 unspecified atom stereocenters. The van der Waals surface area contributed by atoms with Crippen LogP contribution in [0.3, 0.4) is 0 Å². The number of nitrogens with zero attached hydrogens (tertiary/aromatic N) is 2. The minimum Gasteiger partial charge on any atom is -0.432 e. The molecule has 92 valence electrons. The molecule has 0 aliphatic heterocycles. The van der Waals surface area contributed by atoms with Crippen LogP contribution in [0, 0.1) is 10.1 Å². The zero-order valence-electron chi connectivity index (χ0n) is 8.84. The molecule has 0 radical (unpaired) electrons. The van der Waals surface area contributed by atoms with Gasteiger partial charge in [-0.2, -0.15) is 0 Å². The van der Waals surface area contributed by atoms with Crippen LogP contribution in [-0.4, -0.2) is 9.91 Å². The number of rotatable bonds is 3. The summed E-state index contributed by atoms with van der Waals surface area (Å²) in [6.07, 6.45) is 1.40. The second-order valence-electron chi connectivity index (χ2n) is 3.29. The SMILES string of the molecule is O=[N+]([O-])c1cc(Br)ccc1Oc1ccc(Cl)cn1. The Labute approximate surface area is 116 Å². The molecule has 2 rings (SSSR count). The number of pyridine rings is 1. The Bertz CT molecular complexity index is 589. The average Bonchev–Trinajstić information content (AvgIpc) is 2.34. The van der Waals surface area contributed by atoms with Crippen molar-refractivity contribution in [3.8, 4) is 11.6 Å². The van der Waals surface area contributed by atoms with E-state index in [1.54, 1.807) is 12.1 Å². The van der Waals surface area contributed by atoms with Crippen molar-refractivity contribution in [3.05, 3.63) is 56.1 Å². The van der Waals surface area contributed by atoms with E-state index in [1.807, 2.05) is 0 Å². The smallest absolute Gasteiger partial charge is 0.312 e. The molecular weight excluding hydrogens is 323 g/mol. The van der Waals surface area contributed by atoms with Crippen LogP contribution in [0.2, 0.25) is 5.02 Å². The number of hydrogen-bond acceptors (Lipinski definition) is 4. The summed E-state index contributed by atoms with van der Waals surface area (Å²) < 4.78 is 5.95. The van der Waals surface area contributed by atoms with Crippen molar-refractivity contribution in [3.63, 3.8) is 0 Å². The van der Waals surface area contributed by atoms with Crippen LogP contribution >= 0.6 is 27.5 Å². The van der Waals surface area contributed by atoms with Gasteiger partial charge in [0.15, 0.2) is 0 Å². The zero-order valence-corrected chi connectivity index (χ0v) is 11.2. The molecule has 0 amide bonds. The summed E-state index contributed by atoms with van der Waals surface area (Å²) in [6, 6.07) is 7.64. The van der Waals surface area contributed by atoms with E-state index in [9.17, 15) is 10.1 Å². The fourth-order valence-corrected chi connectivity index (χ4v) is 1.72. The molecule has 0 aliphatic carbocycles. The Morgan fingerprint density at radius 1 is 1.33 bits per heavy atom. The van der Waals surface area contributed by atoms with Crippen molar-refractivity contribution in [2.24, 2.45) is 0 Å². The lowest BCUT2D eigenvalue weighted by Crippen LogP contribution is -1.94. The summed E-state index contributed by atoms with van der Waals surface area (Å²) in [6.45, 7) is 0. The Hall–Kier alpha value is -1.66. The van der Waals surface area contributed by atoms with Crippen LogP contribution in [0.4, 0.5) is 5.69 Å². The number of aromatic nitrogens is 1. The highest BCUT2D eigenvalue weighted by Gasteiger charge is 2.16. The predicted octanol–water partition coefficient (Wildman–Crippen LogP) is 4.20. The van der Waals surface area contributed by atoms with Gasteiger partial charge in [0.1, 0.15) is 0 Å². The molecule has 7 heteroatoms. The predicted molar refractivity (Wildman–Crippen MR) is 70.1 cm³/mol. The molecule has 0 saturated heterocycles. The molecule has 0 saturated carbocycles. The zero-order chi connectivity index (χ0) is 13.1. The van der Waals surface area contributed by atoms with Crippen molar-refractivity contribution in [2.75, 3.05) is 0 Å². The van der Waals surface area contributed by atoms with Crippen LogP contribution in [0.25, 0.3) is 0 Å². The van der Waals surface area contributed by atoms with Gasteiger partial charge in [-0.05, 0) is 18.2 Å². The molecule has 0 spiro atoms. The van der Waals surface area contributed by atoms with Gasteiger partial charge in [-0.1, -0.05) is 27.5 Å². The van der Waals surface area contributed by atoms with Crippen LogP contribution < -0.4 is 4.74 Å². The topological polar surface area (TPSA) is 65.3 Å². The van der Waals surface area contributed by atoms with Crippen molar-refractivity contribution in [2.45, 2.75) is 0 Å². The summed E-state index contributed by atoms with van der Waals surface area (Å²) in [5.41, 5.74) is -0.138. The van der Waals surface area contributed by atoms with Crippen LogP contribution in [-0.2, 0) is 0 Å². The van der Waals surface area contributed by atoms with E-state index in [2.05, 4.69) is 20.9 Å². The molecule has 5 nitrogen and oxygen atoms in total. The molecule has 2 aromatic rings. The largest absolute Gasteiger partial charge is 0.432 e. The van der Waals surface area contributed by atoms with Gasteiger partial charge in [0.25, 0.3) is 0 Å². The third kappa shape index (κ3) is 2.96. The Morgan fingerprint density at radius 3 is 2.72 bits per heavy atom. The van der Waals surface area contributed by atoms with Crippen molar-refractivity contribution in [1.29, 1.82) is 0 Å². The molecular formula is C11H6BrClN2O3. The van der Waals surface area contributed by atoms with E-state index in [4.69, 9.17) is 16.3 Å². The average molecular weight is 330 g/mol. The quantitative estimate of drug-likeness (QED) is 0.625. The molecule has 0 fully saturated rings. The third-order valence-electron chi connectivity index (χ3n) is 2.03. The van der Waals surface area contributed by atoms with Gasteiger partial charge in [-0.3, -0.25) is 10.1 Å².